The summed E-state index contributed by atoms with van der Waals surface area (Å²) in [6, 6.07) is 8.19. The van der Waals surface area contributed by atoms with Crippen LogP contribution in [-0.4, -0.2) is 10.2 Å². The van der Waals surface area contributed by atoms with Crippen LogP contribution in [0.2, 0.25) is 0 Å². The zero-order chi connectivity index (χ0) is 25.5. The van der Waals surface area contributed by atoms with Crippen LogP contribution in [0.15, 0.2) is 24.3 Å². The predicted octanol–water partition coefficient (Wildman–Crippen LogP) is 9.62. The summed E-state index contributed by atoms with van der Waals surface area (Å²) in [7, 11) is 0. The van der Waals surface area contributed by atoms with Gasteiger partial charge in [-0.1, -0.05) is 91.2 Å². The first-order valence-corrected chi connectivity index (χ1v) is 14.7. The standard InChI is InChI=1S/C33H52O2/c1-5-9-13-17-28-26(21-23-32(34)30(28)19-15-11-7-3)25-27-22-24-33(35)31(20-16-12-8-4)29(27)18-14-10-6-2/h21-24,34-35H,5-20,25H2,1-4H3. The van der Waals surface area contributed by atoms with Gasteiger partial charge in [-0.15, -0.1) is 0 Å². The Morgan fingerprint density at radius 1 is 0.429 bits per heavy atom. The van der Waals surface area contributed by atoms with Crippen molar-refractivity contribution in [3.05, 3.63) is 57.6 Å². The van der Waals surface area contributed by atoms with Crippen molar-refractivity contribution < 1.29 is 10.2 Å². The highest BCUT2D eigenvalue weighted by Gasteiger charge is 2.17. The van der Waals surface area contributed by atoms with Gasteiger partial charge < -0.3 is 10.2 Å². The first-order valence-electron chi connectivity index (χ1n) is 14.7. The van der Waals surface area contributed by atoms with Crippen LogP contribution in [0.4, 0.5) is 0 Å². The summed E-state index contributed by atoms with van der Waals surface area (Å²) in [6.07, 6.45) is 19.2. The van der Waals surface area contributed by atoms with Gasteiger partial charge in [0.05, 0.1) is 0 Å². The SMILES string of the molecule is CCCCCc1c(O)ccc(Cc2ccc(O)c(CCCCC)c2CCCCC)c1CCCCC. The molecule has 0 aromatic heterocycles. The molecule has 2 aromatic rings. The van der Waals surface area contributed by atoms with Crippen LogP contribution < -0.4 is 0 Å². The van der Waals surface area contributed by atoms with Crippen molar-refractivity contribution in [1.29, 1.82) is 0 Å². The van der Waals surface area contributed by atoms with E-state index in [1.165, 1.54) is 97.6 Å². The van der Waals surface area contributed by atoms with Gasteiger partial charge in [-0.25, -0.2) is 0 Å². The molecule has 0 saturated carbocycles. The number of aromatic hydroxyl groups is 2. The Morgan fingerprint density at radius 3 is 1.06 bits per heavy atom. The molecule has 0 bridgehead atoms. The smallest absolute Gasteiger partial charge is 0.119 e. The van der Waals surface area contributed by atoms with Crippen molar-refractivity contribution in [2.24, 2.45) is 0 Å². The van der Waals surface area contributed by atoms with Gasteiger partial charge in [-0.05, 0) is 103 Å². The highest BCUT2D eigenvalue weighted by Crippen LogP contribution is 2.33. The molecule has 2 rings (SSSR count). The molecular weight excluding hydrogens is 428 g/mol. The van der Waals surface area contributed by atoms with Crippen molar-refractivity contribution in [1.82, 2.24) is 0 Å². The zero-order valence-electron chi connectivity index (χ0n) is 23.2. The minimum Gasteiger partial charge on any atom is -0.508 e. The fourth-order valence-electron chi connectivity index (χ4n) is 5.38. The third-order valence-electron chi connectivity index (χ3n) is 7.51. The van der Waals surface area contributed by atoms with Gasteiger partial charge in [0.25, 0.3) is 0 Å². The highest BCUT2D eigenvalue weighted by molar-refractivity contribution is 5.50. The zero-order valence-corrected chi connectivity index (χ0v) is 23.2. The van der Waals surface area contributed by atoms with Crippen molar-refractivity contribution in [2.75, 3.05) is 0 Å². The van der Waals surface area contributed by atoms with E-state index in [0.717, 1.165) is 44.9 Å². The molecule has 196 valence electrons. The summed E-state index contributed by atoms with van der Waals surface area (Å²) in [5, 5.41) is 21.6. The highest BCUT2D eigenvalue weighted by atomic mass is 16.3. The fourth-order valence-corrected chi connectivity index (χ4v) is 5.38. The molecule has 0 aliphatic carbocycles. The quantitative estimate of drug-likeness (QED) is 0.208. The first-order chi connectivity index (χ1) is 17.1. The van der Waals surface area contributed by atoms with E-state index >= 15 is 0 Å². The molecule has 0 aliphatic rings. The number of unbranched alkanes of at least 4 members (excludes halogenated alkanes) is 8. The maximum Gasteiger partial charge on any atom is 0.119 e. The van der Waals surface area contributed by atoms with E-state index in [9.17, 15) is 10.2 Å². The molecule has 0 radical (unpaired) electrons. The molecule has 0 aliphatic heterocycles. The summed E-state index contributed by atoms with van der Waals surface area (Å²) in [6.45, 7) is 8.98. The van der Waals surface area contributed by atoms with Gasteiger partial charge in [0, 0.05) is 0 Å². The van der Waals surface area contributed by atoms with Gasteiger partial charge in [0.2, 0.25) is 0 Å². The van der Waals surface area contributed by atoms with Crippen LogP contribution in [0.1, 0.15) is 138 Å². The Hall–Kier alpha value is -1.96. The van der Waals surface area contributed by atoms with Gasteiger partial charge in [-0.3, -0.25) is 0 Å². The molecule has 0 unspecified atom stereocenters. The minimum absolute atomic E-state index is 0.477. The topological polar surface area (TPSA) is 40.5 Å². The van der Waals surface area contributed by atoms with Crippen molar-refractivity contribution in [2.45, 2.75) is 137 Å². The summed E-state index contributed by atoms with van der Waals surface area (Å²) in [5.74, 6) is 0.955. The van der Waals surface area contributed by atoms with Crippen LogP contribution >= 0.6 is 0 Å². The first kappa shape index (κ1) is 29.3. The number of benzene rings is 2. The maximum atomic E-state index is 10.8. The molecule has 2 N–H and O–H groups in total. The van der Waals surface area contributed by atoms with Gasteiger partial charge in [0.1, 0.15) is 11.5 Å². The average Bonchev–Trinajstić information content (AvgIpc) is 2.85. The Labute approximate surface area is 216 Å². The Kier molecular flexibility index (Phi) is 13.9. The molecule has 0 atom stereocenters. The lowest BCUT2D eigenvalue weighted by atomic mass is 9.85. The van der Waals surface area contributed by atoms with Gasteiger partial charge in [-0.2, -0.15) is 0 Å². The molecule has 35 heavy (non-hydrogen) atoms. The van der Waals surface area contributed by atoms with Crippen LogP contribution in [0, 0.1) is 0 Å². The monoisotopic (exact) mass is 480 g/mol. The van der Waals surface area contributed by atoms with Crippen LogP contribution in [-0.2, 0) is 32.1 Å². The lowest BCUT2D eigenvalue weighted by molar-refractivity contribution is 0.464. The maximum absolute atomic E-state index is 10.8. The van der Waals surface area contributed by atoms with E-state index in [4.69, 9.17) is 0 Å². The molecule has 2 heteroatoms. The number of phenolic OH excluding ortho intramolecular Hbond substituents is 2. The Balaban J connectivity index is 2.46. The van der Waals surface area contributed by atoms with Crippen LogP contribution in [0.5, 0.6) is 11.5 Å². The van der Waals surface area contributed by atoms with E-state index in [1.54, 1.807) is 0 Å². The Bertz CT molecular complexity index is 796. The lowest BCUT2D eigenvalue weighted by Gasteiger charge is -2.20. The molecule has 2 nitrogen and oxygen atoms in total. The van der Waals surface area contributed by atoms with E-state index in [2.05, 4.69) is 39.8 Å². The summed E-state index contributed by atoms with van der Waals surface area (Å²) in [4.78, 5) is 0. The lowest BCUT2D eigenvalue weighted by Crippen LogP contribution is -2.07. The van der Waals surface area contributed by atoms with Gasteiger partial charge >= 0.3 is 0 Å². The number of hydrogen-bond donors (Lipinski definition) is 2. The molecule has 0 amide bonds. The minimum atomic E-state index is 0.477. The molecule has 0 saturated heterocycles. The van der Waals surface area contributed by atoms with Crippen LogP contribution in [0.3, 0.4) is 0 Å². The number of rotatable bonds is 18. The normalized spacial score (nSPS) is 11.3. The van der Waals surface area contributed by atoms with Crippen molar-refractivity contribution in [3.8, 4) is 11.5 Å². The summed E-state index contributed by atoms with van der Waals surface area (Å²) < 4.78 is 0. The average molecular weight is 481 g/mol. The second-order valence-corrected chi connectivity index (χ2v) is 10.4. The van der Waals surface area contributed by atoms with Gasteiger partial charge in [0.15, 0.2) is 0 Å². The number of hydrogen-bond acceptors (Lipinski definition) is 2. The second kappa shape index (κ2) is 16.7. The Morgan fingerprint density at radius 2 is 0.743 bits per heavy atom. The molecule has 2 aromatic carbocycles. The summed E-state index contributed by atoms with van der Waals surface area (Å²) in [5.41, 5.74) is 7.87. The van der Waals surface area contributed by atoms with E-state index in [0.29, 0.717) is 11.5 Å². The second-order valence-electron chi connectivity index (χ2n) is 10.4. The number of phenols is 2. The largest absolute Gasteiger partial charge is 0.508 e. The third kappa shape index (κ3) is 9.21. The fraction of sp³-hybridized carbons (Fsp3) is 0.636. The van der Waals surface area contributed by atoms with E-state index in [1.807, 2.05) is 12.1 Å². The molecular formula is C33H52O2. The molecule has 0 heterocycles. The molecule has 0 fully saturated rings. The van der Waals surface area contributed by atoms with Crippen molar-refractivity contribution >= 4 is 0 Å². The van der Waals surface area contributed by atoms with Crippen LogP contribution in [0.25, 0.3) is 0 Å². The van der Waals surface area contributed by atoms with E-state index in [-0.39, 0.29) is 0 Å². The molecule has 0 spiro atoms. The predicted molar refractivity (Wildman–Crippen MR) is 152 cm³/mol. The summed E-state index contributed by atoms with van der Waals surface area (Å²) >= 11 is 0. The van der Waals surface area contributed by atoms with E-state index < -0.39 is 0 Å². The third-order valence-corrected chi connectivity index (χ3v) is 7.51. The van der Waals surface area contributed by atoms with Crippen molar-refractivity contribution in [3.63, 3.8) is 0 Å².